The van der Waals surface area contributed by atoms with Crippen LogP contribution in [0.4, 0.5) is 0 Å². The highest BCUT2D eigenvalue weighted by Gasteiger charge is 2.28. The quantitative estimate of drug-likeness (QED) is 0.714. The normalized spacial score (nSPS) is 20.8. The Hall–Kier alpha value is -0.0800. The third-order valence-corrected chi connectivity index (χ3v) is 4.22. The first-order valence-corrected chi connectivity index (χ1v) is 7.97. The minimum absolute atomic E-state index is 0.00564. The molecular weight excluding hydrogens is 220 g/mol. The predicted octanol–water partition coefficient (Wildman–Crippen LogP) is 3.79. The smallest absolute Gasteiger partial charge is 0.0254 e. The van der Waals surface area contributed by atoms with Crippen molar-refractivity contribution in [3.63, 3.8) is 0 Å². The van der Waals surface area contributed by atoms with Gasteiger partial charge in [0.05, 0.1) is 0 Å². The van der Waals surface area contributed by atoms with E-state index in [9.17, 15) is 0 Å². The first-order valence-electron chi connectivity index (χ1n) is 7.97. The maximum atomic E-state index is 6.46. The van der Waals surface area contributed by atoms with Gasteiger partial charge >= 0.3 is 0 Å². The molecule has 2 nitrogen and oxygen atoms in total. The SMILES string of the molecule is CCCC(C)(N)CN(CCC(C)C)C1CCCC1. The second-order valence-corrected chi connectivity index (χ2v) is 7.00. The molecule has 0 radical (unpaired) electrons. The molecule has 1 rings (SSSR count). The van der Waals surface area contributed by atoms with Crippen molar-refractivity contribution in [3.05, 3.63) is 0 Å². The summed E-state index contributed by atoms with van der Waals surface area (Å²) in [6.45, 7) is 11.4. The molecule has 1 saturated carbocycles. The van der Waals surface area contributed by atoms with E-state index < -0.39 is 0 Å². The van der Waals surface area contributed by atoms with Gasteiger partial charge in [-0.2, -0.15) is 0 Å². The Balaban J connectivity index is 2.52. The lowest BCUT2D eigenvalue weighted by molar-refractivity contribution is 0.146. The Kier molecular flexibility index (Phi) is 6.65. The van der Waals surface area contributed by atoms with Gasteiger partial charge in [-0.15, -0.1) is 0 Å². The molecule has 108 valence electrons. The van der Waals surface area contributed by atoms with Crippen LogP contribution >= 0.6 is 0 Å². The van der Waals surface area contributed by atoms with E-state index in [0.29, 0.717) is 0 Å². The average Bonchev–Trinajstić information content (AvgIpc) is 2.77. The number of hydrogen-bond donors (Lipinski definition) is 1. The van der Waals surface area contributed by atoms with E-state index in [1.807, 2.05) is 0 Å². The highest BCUT2D eigenvalue weighted by Crippen LogP contribution is 2.26. The molecular formula is C16H34N2. The van der Waals surface area contributed by atoms with Crippen molar-refractivity contribution in [1.82, 2.24) is 4.90 Å². The Labute approximate surface area is 114 Å². The Morgan fingerprint density at radius 2 is 1.89 bits per heavy atom. The molecule has 0 bridgehead atoms. The van der Waals surface area contributed by atoms with Crippen molar-refractivity contribution in [3.8, 4) is 0 Å². The van der Waals surface area contributed by atoms with Gasteiger partial charge in [-0.25, -0.2) is 0 Å². The van der Waals surface area contributed by atoms with Crippen LogP contribution in [-0.2, 0) is 0 Å². The highest BCUT2D eigenvalue weighted by molar-refractivity contribution is 4.87. The highest BCUT2D eigenvalue weighted by atomic mass is 15.2. The molecule has 1 aliphatic carbocycles. The second kappa shape index (κ2) is 7.49. The van der Waals surface area contributed by atoms with Crippen LogP contribution in [0.2, 0.25) is 0 Å². The number of hydrogen-bond acceptors (Lipinski definition) is 2. The van der Waals surface area contributed by atoms with Crippen LogP contribution in [0.25, 0.3) is 0 Å². The van der Waals surface area contributed by atoms with Gasteiger partial charge in [0.1, 0.15) is 0 Å². The van der Waals surface area contributed by atoms with Crippen LogP contribution in [0.15, 0.2) is 0 Å². The summed E-state index contributed by atoms with van der Waals surface area (Å²) in [5, 5.41) is 0. The molecule has 1 unspecified atom stereocenters. The maximum Gasteiger partial charge on any atom is 0.0254 e. The van der Waals surface area contributed by atoms with Crippen molar-refractivity contribution < 1.29 is 0 Å². The van der Waals surface area contributed by atoms with Crippen LogP contribution in [0.5, 0.6) is 0 Å². The fourth-order valence-electron chi connectivity index (χ4n) is 3.20. The fraction of sp³-hybridized carbons (Fsp3) is 1.00. The standard InChI is InChI=1S/C16H34N2/c1-5-11-16(4,17)13-18(12-10-14(2)3)15-8-6-7-9-15/h14-15H,5-13,17H2,1-4H3. The molecule has 0 spiro atoms. The Bertz CT molecular complexity index is 217. The lowest BCUT2D eigenvalue weighted by atomic mass is 9.95. The molecule has 18 heavy (non-hydrogen) atoms. The van der Waals surface area contributed by atoms with Gasteiger partial charge < -0.3 is 5.73 Å². The molecule has 0 heterocycles. The van der Waals surface area contributed by atoms with Crippen LogP contribution in [-0.4, -0.2) is 29.6 Å². The minimum Gasteiger partial charge on any atom is -0.324 e. The molecule has 1 aliphatic rings. The van der Waals surface area contributed by atoms with E-state index in [-0.39, 0.29) is 5.54 Å². The fourth-order valence-corrected chi connectivity index (χ4v) is 3.20. The number of nitrogens with two attached hydrogens (primary N) is 1. The third kappa shape index (κ3) is 5.71. The zero-order chi connectivity index (χ0) is 13.6. The van der Waals surface area contributed by atoms with E-state index in [0.717, 1.165) is 24.9 Å². The summed E-state index contributed by atoms with van der Waals surface area (Å²) in [7, 11) is 0. The van der Waals surface area contributed by atoms with Crippen LogP contribution < -0.4 is 5.73 Å². The Morgan fingerprint density at radius 1 is 1.28 bits per heavy atom. The maximum absolute atomic E-state index is 6.46. The van der Waals surface area contributed by atoms with Crippen molar-refractivity contribution in [2.24, 2.45) is 11.7 Å². The monoisotopic (exact) mass is 254 g/mol. The van der Waals surface area contributed by atoms with E-state index in [1.165, 1.54) is 45.1 Å². The van der Waals surface area contributed by atoms with Crippen LogP contribution in [0.3, 0.4) is 0 Å². The van der Waals surface area contributed by atoms with Crippen molar-refractivity contribution in [1.29, 1.82) is 0 Å². The first-order chi connectivity index (χ1) is 8.44. The van der Waals surface area contributed by atoms with E-state index >= 15 is 0 Å². The first kappa shape index (κ1) is 16.0. The van der Waals surface area contributed by atoms with Gasteiger partial charge in [-0.3, -0.25) is 4.90 Å². The van der Waals surface area contributed by atoms with Gasteiger partial charge in [0, 0.05) is 18.1 Å². The van der Waals surface area contributed by atoms with Crippen LogP contribution in [0.1, 0.15) is 72.6 Å². The molecule has 1 fully saturated rings. The molecule has 0 aromatic heterocycles. The summed E-state index contributed by atoms with van der Waals surface area (Å²) in [5.74, 6) is 0.795. The third-order valence-electron chi connectivity index (χ3n) is 4.22. The zero-order valence-electron chi connectivity index (χ0n) is 13.0. The molecule has 0 saturated heterocycles. The summed E-state index contributed by atoms with van der Waals surface area (Å²) in [4.78, 5) is 2.70. The van der Waals surface area contributed by atoms with Gasteiger partial charge in [0.2, 0.25) is 0 Å². The van der Waals surface area contributed by atoms with E-state index in [2.05, 4.69) is 32.6 Å². The van der Waals surface area contributed by atoms with Crippen molar-refractivity contribution >= 4 is 0 Å². The van der Waals surface area contributed by atoms with Gasteiger partial charge in [-0.05, 0) is 45.1 Å². The summed E-state index contributed by atoms with van der Waals surface area (Å²) in [5.41, 5.74) is 6.45. The topological polar surface area (TPSA) is 29.3 Å². The summed E-state index contributed by atoms with van der Waals surface area (Å²) >= 11 is 0. The lowest BCUT2D eigenvalue weighted by Gasteiger charge is -2.36. The van der Waals surface area contributed by atoms with Crippen molar-refractivity contribution in [2.75, 3.05) is 13.1 Å². The number of nitrogens with zero attached hydrogens (tertiary/aromatic N) is 1. The Morgan fingerprint density at radius 3 is 2.39 bits per heavy atom. The second-order valence-electron chi connectivity index (χ2n) is 7.00. The molecule has 0 aromatic rings. The summed E-state index contributed by atoms with van der Waals surface area (Å²) in [6.07, 6.45) is 9.24. The summed E-state index contributed by atoms with van der Waals surface area (Å²) < 4.78 is 0. The van der Waals surface area contributed by atoms with E-state index in [4.69, 9.17) is 5.73 Å². The zero-order valence-corrected chi connectivity index (χ0v) is 13.0. The van der Waals surface area contributed by atoms with E-state index in [1.54, 1.807) is 0 Å². The van der Waals surface area contributed by atoms with Gasteiger partial charge in [0.25, 0.3) is 0 Å². The van der Waals surface area contributed by atoms with Crippen molar-refractivity contribution in [2.45, 2.75) is 84.2 Å². The average molecular weight is 254 g/mol. The summed E-state index contributed by atoms with van der Waals surface area (Å²) in [6, 6.07) is 0.809. The predicted molar refractivity (Wildman–Crippen MR) is 80.8 cm³/mol. The molecule has 2 heteroatoms. The number of rotatable bonds is 8. The molecule has 2 N–H and O–H groups in total. The largest absolute Gasteiger partial charge is 0.324 e. The van der Waals surface area contributed by atoms with Gasteiger partial charge in [0.15, 0.2) is 0 Å². The van der Waals surface area contributed by atoms with Crippen LogP contribution in [0, 0.1) is 5.92 Å². The lowest BCUT2D eigenvalue weighted by Crippen LogP contribution is -2.50. The minimum atomic E-state index is -0.00564. The molecule has 1 atom stereocenters. The van der Waals surface area contributed by atoms with Gasteiger partial charge in [-0.1, -0.05) is 40.0 Å². The molecule has 0 amide bonds. The molecule has 0 aliphatic heterocycles. The molecule has 0 aromatic carbocycles.